The predicted molar refractivity (Wildman–Crippen MR) is 54.4 cm³/mol. The molecule has 0 aliphatic carbocycles. The number of carbonyl (C=O) groups excluding carboxylic acids is 1. The molecule has 1 unspecified atom stereocenters. The summed E-state index contributed by atoms with van der Waals surface area (Å²) in [4.78, 5) is 10.9. The zero-order valence-electron chi connectivity index (χ0n) is 8.21. The Balaban J connectivity index is 2.54. The molecular formula is C11H10N2O2. The number of aldehydes is 1. The number of aliphatic hydroxyl groups excluding tert-OH is 1. The lowest BCUT2D eigenvalue weighted by molar-refractivity contribution is -0.105. The summed E-state index contributed by atoms with van der Waals surface area (Å²) < 4.78 is 0. The van der Waals surface area contributed by atoms with E-state index in [2.05, 4.69) is 10.2 Å². The number of hydrogen-bond donors (Lipinski definition) is 1. The molecule has 0 fully saturated rings. The van der Waals surface area contributed by atoms with Crippen molar-refractivity contribution < 1.29 is 9.90 Å². The molecule has 0 saturated heterocycles. The molecule has 1 aromatic rings. The van der Waals surface area contributed by atoms with Crippen LogP contribution in [-0.4, -0.2) is 11.4 Å². The van der Waals surface area contributed by atoms with E-state index in [1.807, 2.05) is 30.3 Å². The van der Waals surface area contributed by atoms with Gasteiger partial charge in [0.25, 0.3) is 0 Å². The predicted octanol–water partition coefficient (Wildman–Crippen LogP) is 2.34. The molecule has 4 heteroatoms. The van der Waals surface area contributed by atoms with E-state index in [-0.39, 0.29) is 11.5 Å². The minimum absolute atomic E-state index is 0.203. The van der Waals surface area contributed by atoms with Crippen LogP contribution < -0.4 is 0 Å². The van der Waals surface area contributed by atoms with Crippen LogP contribution >= 0.6 is 0 Å². The number of nitrogens with zero attached hydrogens (tertiary/aromatic N) is 2. The first-order chi connectivity index (χ1) is 7.18. The fourth-order valence-electron chi connectivity index (χ4n) is 1.62. The first-order valence-electron chi connectivity index (χ1n) is 4.56. The van der Waals surface area contributed by atoms with Crippen molar-refractivity contribution in [2.45, 2.75) is 12.5 Å². The van der Waals surface area contributed by atoms with Crippen LogP contribution in [0.2, 0.25) is 0 Å². The SMILES string of the molecule is CC1(c2ccccc2)N=NC(O)=C1C=O. The highest BCUT2D eigenvalue weighted by Crippen LogP contribution is 2.38. The molecule has 1 aliphatic rings. The molecule has 1 heterocycles. The molecule has 76 valence electrons. The van der Waals surface area contributed by atoms with Gasteiger partial charge in [0, 0.05) is 0 Å². The van der Waals surface area contributed by atoms with Gasteiger partial charge in [0.05, 0.1) is 5.57 Å². The number of benzene rings is 1. The Morgan fingerprint density at radius 1 is 1.33 bits per heavy atom. The van der Waals surface area contributed by atoms with E-state index in [4.69, 9.17) is 0 Å². The van der Waals surface area contributed by atoms with Crippen LogP contribution in [0.4, 0.5) is 0 Å². The number of carbonyl (C=O) groups is 1. The standard InChI is InChI=1S/C11H10N2O2/c1-11(8-5-3-2-4-6-8)9(7-14)10(15)12-13-11/h2-7,15H,1H3. The van der Waals surface area contributed by atoms with Crippen molar-refractivity contribution in [2.24, 2.45) is 10.2 Å². The molecule has 0 aromatic heterocycles. The average molecular weight is 202 g/mol. The van der Waals surface area contributed by atoms with Crippen molar-refractivity contribution in [3.05, 3.63) is 47.4 Å². The topological polar surface area (TPSA) is 62.0 Å². The number of rotatable bonds is 2. The molecule has 1 aliphatic heterocycles. The summed E-state index contributed by atoms with van der Waals surface area (Å²) in [7, 11) is 0. The van der Waals surface area contributed by atoms with E-state index in [0.717, 1.165) is 5.56 Å². The Labute approximate surface area is 87.0 Å². The minimum atomic E-state index is -0.854. The smallest absolute Gasteiger partial charge is 0.239 e. The third-order valence-electron chi connectivity index (χ3n) is 2.56. The van der Waals surface area contributed by atoms with Crippen LogP contribution in [0.1, 0.15) is 12.5 Å². The molecule has 1 atom stereocenters. The molecule has 0 saturated carbocycles. The fourth-order valence-corrected chi connectivity index (χ4v) is 1.62. The Morgan fingerprint density at radius 3 is 2.60 bits per heavy atom. The van der Waals surface area contributed by atoms with E-state index in [9.17, 15) is 9.90 Å². The van der Waals surface area contributed by atoms with Gasteiger partial charge in [-0.15, -0.1) is 5.11 Å². The Kier molecular flexibility index (Phi) is 2.11. The first kappa shape index (κ1) is 9.58. The monoisotopic (exact) mass is 202 g/mol. The summed E-state index contributed by atoms with van der Waals surface area (Å²) in [5.41, 5.74) is 0.182. The van der Waals surface area contributed by atoms with Gasteiger partial charge in [-0.3, -0.25) is 4.79 Å². The molecule has 15 heavy (non-hydrogen) atoms. The maximum Gasteiger partial charge on any atom is 0.239 e. The van der Waals surface area contributed by atoms with Crippen molar-refractivity contribution in [2.75, 3.05) is 0 Å². The van der Waals surface area contributed by atoms with Gasteiger partial charge in [0.1, 0.15) is 5.54 Å². The Morgan fingerprint density at radius 2 is 2.00 bits per heavy atom. The average Bonchev–Trinajstić information content (AvgIpc) is 2.57. The third-order valence-corrected chi connectivity index (χ3v) is 2.56. The van der Waals surface area contributed by atoms with Gasteiger partial charge < -0.3 is 5.11 Å². The molecule has 0 radical (unpaired) electrons. The van der Waals surface area contributed by atoms with Gasteiger partial charge in [-0.05, 0) is 12.5 Å². The molecule has 2 rings (SSSR count). The van der Waals surface area contributed by atoms with Gasteiger partial charge >= 0.3 is 0 Å². The third kappa shape index (κ3) is 1.34. The van der Waals surface area contributed by atoms with Gasteiger partial charge in [-0.25, -0.2) is 0 Å². The number of hydrogen-bond acceptors (Lipinski definition) is 4. The van der Waals surface area contributed by atoms with Gasteiger partial charge in [0.2, 0.25) is 5.88 Å². The van der Waals surface area contributed by atoms with Crippen molar-refractivity contribution in [1.29, 1.82) is 0 Å². The summed E-state index contributed by atoms with van der Waals surface area (Å²) in [6.07, 6.45) is 0.600. The van der Waals surface area contributed by atoms with Crippen LogP contribution in [0.3, 0.4) is 0 Å². The Bertz CT molecular complexity index is 451. The molecule has 0 bridgehead atoms. The summed E-state index contributed by atoms with van der Waals surface area (Å²) in [5.74, 6) is -0.295. The van der Waals surface area contributed by atoms with Crippen molar-refractivity contribution in [1.82, 2.24) is 0 Å². The van der Waals surface area contributed by atoms with Crippen LogP contribution in [0.5, 0.6) is 0 Å². The number of aliphatic hydroxyl groups is 1. The maximum atomic E-state index is 10.9. The highest BCUT2D eigenvalue weighted by molar-refractivity contribution is 5.79. The van der Waals surface area contributed by atoms with E-state index < -0.39 is 5.54 Å². The summed E-state index contributed by atoms with van der Waals surface area (Å²) >= 11 is 0. The van der Waals surface area contributed by atoms with E-state index in [1.54, 1.807) is 6.92 Å². The van der Waals surface area contributed by atoms with Crippen LogP contribution in [0, 0.1) is 0 Å². The van der Waals surface area contributed by atoms with Crippen molar-refractivity contribution >= 4 is 6.29 Å². The van der Waals surface area contributed by atoms with E-state index in [1.165, 1.54) is 0 Å². The first-order valence-corrected chi connectivity index (χ1v) is 4.56. The van der Waals surface area contributed by atoms with Gasteiger partial charge in [0.15, 0.2) is 6.29 Å². The maximum absolute atomic E-state index is 10.9. The van der Waals surface area contributed by atoms with Crippen LogP contribution in [0.25, 0.3) is 0 Å². The highest BCUT2D eigenvalue weighted by Gasteiger charge is 2.38. The quantitative estimate of drug-likeness (QED) is 0.748. The second kappa shape index (κ2) is 3.31. The van der Waals surface area contributed by atoms with Gasteiger partial charge in [-0.1, -0.05) is 30.3 Å². The molecule has 4 nitrogen and oxygen atoms in total. The van der Waals surface area contributed by atoms with E-state index in [0.29, 0.717) is 6.29 Å². The van der Waals surface area contributed by atoms with Crippen LogP contribution in [-0.2, 0) is 10.3 Å². The lowest BCUT2D eigenvalue weighted by atomic mass is 9.86. The summed E-state index contributed by atoms with van der Waals surface area (Å²) in [5, 5.41) is 16.9. The second-order valence-electron chi connectivity index (χ2n) is 3.49. The number of azo groups is 1. The molecule has 0 spiro atoms. The highest BCUT2D eigenvalue weighted by atomic mass is 16.3. The molecular weight excluding hydrogens is 192 g/mol. The van der Waals surface area contributed by atoms with Gasteiger partial charge in [-0.2, -0.15) is 5.11 Å². The molecule has 1 N–H and O–H groups in total. The summed E-state index contributed by atoms with van der Waals surface area (Å²) in [6, 6.07) is 9.28. The fraction of sp³-hybridized carbons (Fsp3) is 0.182. The zero-order valence-corrected chi connectivity index (χ0v) is 8.21. The largest absolute Gasteiger partial charge is 0.492 e. The minimum Gasteiger partial charge on any atom is -0.492 e. The van der Waals surface area contributed by atoms with Crippen molar-refractivity contribution in [3.63, 3.8) is 0 Å². The molecule has 0 amide bonds. The van der Waals surface area contributed by atoms with Crippen molar-refractivity contribution in [3.8, 4) is 0 Å². The lowest BCUT2D eigenvalue weighted by Crippen LogP contribution is -2.21. The lowest BCUT2D eigenvalue weighted by Gasteiger charge is -2.19. The van der Waals surface area contributed by atoms with E-state index >= 15 is 0 Å². The zero-order chi connectivity index (χ0) is 10.9. The summed E-state index contributed by atoms with van der Waals surface area (Å²) in [6.45, 7) is 1.75. The molecule has 1 aromatic carbocycles. The van der Waals surface area contributed by atoms with Crippen LogP contribution in [0.15, 0.2) is 52.0 Å². The normalized spacial score (nSPS) is 24.6. The Hall–Kier alpha value is -1.97. The second-order valence-corrected chi connectivity index (χ2v) is 3.49.